The van der Waals surface area contributed by atoms with Crippen LogP contribution < -0.4 is 10.1 Å². The third kappa shape index (κ3) is 4.07. The zero-order valence-corrected chi connectivity index (χ0v) is 21.0. The van der Waals surface area contributed by atoms with Crippen molar-refractivity contribution in [3.8, 4) is 10.8 Å². The first-order valence-electron chi connectivity index (χ1n) is 12.4. The zero-order valence-electron chi connectivity index (χ0n) is 20.2. The highest BCUT2D eigenvalue weighted by Gasteiger charge is 2.36. The molecule has 0 unspecified atom stereocenters. The standard InChI is InChI=1S/C29H28FN3O2S/c1-35-22-7-4-6-20(16-22)27-25-9-5-15-32(25)28-24(23-8-2-3-10-26(23)36-28)18-33(27)29(34)31-17-19-11-13-21(30)14-12-19/h4-7,9,11-16,27H,2-3,8,10,17-18H2,1H3,(H,31,34)/t27-/m0/s1. The molecule has 1 N–H and O–H groups in total. The summed E-state index contributed by atoms with van der Waals surface area (Å²) in [5.74, 6) is 0.472. The lowest BCUT2D eigenvalue weighted by molar-refractivity contribution is 0.180. The average Bonchev–Trinajstić information content (AvgIpc) is 3.50. The minimum absolute atomic E-state index is 0.150. The van der Waals surface area contributed by atoms with E-state index in [9.17, 15) is 9.18 Å². The Labute approximate surface area is 214 Å². The molecule has 0 saturated carbocycles. The van der Waals surface area contributed by atoms with Crippen LogP contribution in [-0.4, -0.2) is 22.6 Å². The Morgan fingerprint density at radius 3 is 2.75 bits per heavy atom. The molecule has 2 aliphatic rings. The number of hydrogen-bond acceptors (Lipinski definition) is 3. The summed E-state index contributed by atoms with van der Waals surface area (Å²) in [5, 5.41) is 4.32. The van der Waals surface area contributed by atoms with Gasteiger partial charge in [-0.25, -0.2) is 9.18 Å². The Morgan fingerprint density at radius 2 is 1.92 bits per heavy atom. The Bertz CT molecular complexity index is 1410. The molecular formula is C29H28FN3O2S. The van der Waals surface area contributed by atoms with E-state index in [2.05, 4.69) is 34.3 Å². The minimum Gasteiger partial charge on any atom is -0.497 e. The molecule has 1 aliphatic carbocycles. The highest BCUT2D eigenvalue weighted by Crippen LogP contribution is 2.44. The minimum atomic E-state index is -0.290. The second kappa shape index (κ2) is 9.47. The lowest BCUT2D eigenvalue weighted by Gasteiger charge is -2.31. The van der Waals surface area contributed by atoms with Crippen LogP contribution in [-0.2, 0) is 25.9 Å². The molecule has 3 heterocycles. The summed E-state index contributed by atoms with van der Waals surface area (Å²) in [6.07, 6.45) is 6.69. The second-order valence-electron chi connectivity index (χ2n) is 9.39. The van der Waals surface area contributed by atoms with Gasteiger partial charge in [0.2, 0.25) is 0 Å². The van der Waals surface area contributed by atoms with E-state index in [0.29, 0.717) is 13.1 Å². The molecule has 2 amide bonds. The molecule has 5 nitrogen and oxygen atoms in total. The molecule has 0 bridgehead atoms. The predicted molar refractivity (Wildman–Crippen MR) is 139 cm³/mol. The Morgan fingerprint density at radius 1 is 1.08 bits per heavy atom. The number of urea groups is 1. The first kappa shape index (κ1) is 22.9. The number of carbonyl (C=O) groups excluding carboxylic acids is 1. The third-order valence-corrected chi connectivity index (χ3v) is 8.54. The van der Waals surface area contributed by atoms with E-state index in [1.807, 2.05) is 34.4 Å². The van der Waals surface area contributed by atoms with E-state index in [0.717, 1.165) is 35.4 Å². The van der Waals surface area contributed by atoms with Gasteiger partial charge in [0, 0.05) is 23.2 Å². The fourth-order valence-electron chi connectivity index (χ4n) is 5.43. The quantitative estimate of drug-likeness (QED) is 0.353. The maximum absolute atomic E-state index is 13.9. The maximum atomic E-state index is 13.9. The predicted octanol–water partition coefficient (Wildman–Crippen LogP) is 6.38. The lowest BCUT2D eigenvalue weighted by Crippen LogP contribution is -2.41. The number of nitrogens with one attached hydrogen (secondary N) is 1. The lowest BCUT2D eigenvalue weighted by atomic mass is 9.95. The Balaban J connectivity index is 1.43. The third-order valence-electron chi connectivity index (χ3n) is 7.21. The van der Waals surface area contributed by atoms with E-state index >= 15 is 0 Å². The van der Waals surface area contributed by atoms with Gasteiger partial charge in [0.1, 0.15) is 16.6 Å². The number of rotatable bonds is 4. The van der Waals surface area contributed by atoms with Gasteiger partial charge in [-0.3, -0.25) is 0 Å². The molecule has 0 spiro atoms. The number of nitrogens with zero attached hydrogens (tertiary/aromatic N) is 2. The fourth-order valence-corrected chi connectivity index (χ4v) is 6.83. The van der Waals surface area contributed by atoms with Gasteiger partial charge in [-0.05, 0) is 78.8 Å². The Hall–Kier alpha value is -3.58. The number of ether oxygens (including phenoxy) is 1. The summed E-state index contributed by atoms with van der Waals surface area (Å²) >= 11 is 1.87. The Kier molecular flexibility index (Phi) is 6.01. The highest BCUT2D eigenvalue weighted by molar-refractivity contribution is 7.15. The van der Waals surface area contributed by atoms with Crippen molar-refractivity contribution in [2.75, 3.05) is 7.11 Å². The van der Waals surface area contributed by atoms with Crippen LogP contribution in [0.1, 0.15) is 51.7 Å². The number of amides is 2. The van der Waals surface area contributed by atoms with Gasteiger partial charge >= 0.3 is 6.03 Å². The van der Waals surface area contributed by atoms with Crippen molar-refractivity contribution in [1.82, 2.24) is 14.8 Å². The van der Waals surface area contributed by atoms with Gasteiger partial charge in [0.15, 0.2) is 0 Å². The average molecular weight is 502 g/mol. The molecule has 7 heteroatoms. The molecule has 36 heavy (non-hydrogen) atoms. The summed E-state index contributed by atoms with van der Waals surface area (Å²) in [7, 11) is 1.66. The number of aromatic nitrogens is 1. The molecule has 4 aromatic rings. The van der Waals surface area contributed by atoms with E-state index in [4.69, 9.17) is 4.74 Å². The number of benzene rings is 2. The van der Waals surface area contributed by atoms with E-state index in [1.54, 1.807) is 19.2 Å². The number of carbonyl (C=O) groups is 1. The van der Waals surface area contributed by atoms with Gasteiger partial charge in [-0.15, -0.1) is 11.3 Å². The molecule has 0 radical (unpaired) electrons. The zero-order chi connectivity index (χ0) is 24.6. The summed E-state index contributed by atoms with van der Waals surface area (Å²) in [5.41, 5.74) is 5.58. The van der Waals surface area contributed by atoms with Gasteiger partial charge in [-0.1, -0.05) is 24.3 Å². The number of thiophene rings is 1. The van der Waals surface area contributed by atoms with Crippen molar-refractivity contribution < 1.29 is 13.9 Å². The molecule has 6 rings (SSSR count). The van der Waals surface area contributed by atoms with Crippen LogP contribution in [0.15, 0.2) is 66.9 Å². The monoisotopic (exact) mass is 501 g/mol. The first-order valence-corrected chi connectivity index (χ1v) is 13.2. The van der Waals surface area contributed by atoms with Gasteiger partial charge in [0.05, 0.1) is 25.4 Å². The summed E-state index contributed by atoms with van der Waals surface area (Å²) in [6, 6.07) is 17.9. The number of fused-ring (bicyclic) bond motifs is 5. The summed E-state index contributed by atoms with van der Waals surface area (Å²) in [4.78, 5) is 17.3. The number of hydrogen-bond donors (Lipinski definition) is 1. The van der Waals surface area contributed by atoms with Crippen LogP contribution in [0.2, 0.25) is 0 Å². The van der Waals surface area contributed by atoms with Crippen LogP contribution >= 0.6 is 11.3 Å². The number of aryl methyl sites for hydroxylation is 1. The molecule has 1 aliphatic heterocycles. The molecule has 0 fully saturated rings. The largest absolute Gasteiger partial charge is 0.497 e. The number of halogens is 1. The van der Waals surface area contributed by atoms with Crippen LogP contribution in [0.25, 0.3) is 5.00 Å². The van der Waals surface area contributed by atoms with Crippen LogP contribution in [0, 0.1) is 5.82 Å². The van der Waals surface area contributed by atoms with Crippen LogP contribution in [0.3, 0.4) is 0 Å². The van der Waals surface area contributed by atoms with E-state index in [1.165, 1.54) is 46.0 Å². The van der Waals surface area contributed by atoms with Crippen LogP contribution in [0.5, 0.6) is 5.75 Å². The highest BCUT2D eigenvalue weighted by atomic mass is 32.1. The van der Waals surface area contributed by atoms with Gasteiger partial charge < -0.3 is 19.5 Å². The van der Waals surface area contributed by atoms with E-state index in [-0.39, 0.29) is 17.9 Å². The van der Waals surface area contributed by atoms with E-state index < -0.39 is 0 Å². The van der Waals surface area contributed by atoms with Crippen molar-refractivity contribution in [2.24, 2.45) is 0 Å². The van der Waals surface area contributed by atoms with Gasteiger partial charge in [0.25, 0.3) is 0 Å². The van der Waals surface area contributed by atoms with Crippen molar-refractivity contribution in [3.05, 3.63) is 106 Å². The SMILES string of the molecule is COc1cccc([C@H]2c3cccn3-c3sc4c(c3CN2C(=O)NCc2ccc(F)cc2)CCCC4)c1. The summed E-state index contributed by atoms with van der Waals surface area (Å²) in [6.45, 7) is 0.857. The smallest absolute Gasteiger partial charge is 0.318 e. The molecule has 1 atom stereocenters. The normalized spacial score (nSPS) is 16.5. The topological polar surface area (TPSA) is 46.5 Å². The summed E-state index contributed by atoms with van der Waals surface area (Å²) < 4.78 is 21.2. The van der Waals surface area contributed by atoms with Crippen molar-refractivity contribution in [3.63, 3.8) is 0 Å². The maximum Gasteiger partial charge on any atom is 0.318 e. The van der Waals surface area contributed by atoms with Gasteiger partial charge in [-0.2, -0.15) is 0 Å². The molecule has 184 valence electrons. The second-order valence-corrected chi connectivity index (χ2v) is 10.5. The molecule has 2 aromatic carbocycles. The number of methoxy groups -OCH3 is 1. The molecule has 2 aromatic heterocycles. The molecular weight excluding hydrogens is 473 g/mol. The first-order chi connectivity index (χ1) is 17.6. The fraction of sp³-hybridized carbons (Fsp3) is 0.276. The van der Waals surface area contributed by atoms with Crippen molar-refractivity contribution in [2.45, 2.75) is 44.8 Å². The van der Waals surface area contributed by atoms with Crippen molar-refractivity contribution >= 4 is 17.4 Å². The van der Waals surface area contributed by atoms with Crippen molar-refractivity contribution in [1.29, 1.82) is 0 Å². The molecule has 0 saturated heterocycles. The van der Waals surface area contributed by atoms with Crippen LogP contribution in [0.4, 0.5) is 9.18 Å².